The van der Waals surface area contributed by atoms with Gasteiger partial charge in [-0.1, -0.05) is 11.6 Å². The minimum absolute atomic E-state index is 0.0393. The zero-order valence-electron chi connectivity index (χ0n) is 11.6. The van der Waals surface area contributed by atoms with Crippen LogP contribution in [0.4, 0.5) is 0 Å². The van der Waals surface area contributed by atoms with Gasteiger partial charge in [-0.3, -0.25) is 4.79 Å². The Morgan fingerprint density at radius 1 is 1.40 bits per heavy atom. The molecule has 0 radical (unpaired) electrons. The number of ether oxygens (including phenoxy) is 2. The molecule has 0 amide bonds. The van der Waals surface area contributed by atoms with Gasteiger partial charge in [0.1, 0.15) is 0 Å². The third kappa shape index (κ3) is 2.67. The van der Waals surface area contributed by atoms with Gasteiger partial charge in [-0.25, -0.2) is 0 Å². The van der Waals surface area contributed by atoms with E-state index in [1.165, 1.54) is 11.3 Å². The zero-order valence-corrected chi connectivity index (χ0v) is 13.2. The van der Waals surface area contributed by atoms with E-state index in [0.717, 1.165) is 49.3 Å². The summed E-state index contributed by atoms with van der Waals surface area (Å²) in [5.74, 6) is 0.236. The highest BCUT2D eigenvalue weighted by Crippen LogP contribution is 2.40. The fourth-order valence-electron chi connectivity index (χ4n) is 3.12. The Hall–Kier alpha value is -0.420. The van der Waals surface area contributed by atoms with E-state index < -0.39 is 0 Å². The molecular weight excluding hydrogens is 296 g/mol. The van der Waals surface area contributed by atoms with Gasteiger partial charge >= 0.3 is 0 Å². The van der Waals surface area contributed by atoms with E-state index in [2.05, 4.69) is 0 Å². The minimum Gasteiger partial charge on any atom is -0.381 e. The van der Waals surface area contributed by atoms with Crippen molar-refractivity contribution in [1.29, 1.82) is 0 Å². The van der Waals surface area contributed by atoms with E-state index in [9.17, 15) is 4.79 Å². The fourth-order valence-corrected chi connectivity index (χ4v) is 4.43. The highest BCUT2D eigenvalue weighted by molar-refractivity contribution is 7.13. The summed E-state index contributed by atoms with van der Waals surface area (Å²) in [4.78, 5) is 13.4. The molecule has 2 aliphatic heterocycles. The lowest BCUT2D eigenvalue weighted by atomic mass is 9.79. The smallest absolute Gasteiger partial charge is 0.177 e. The predicted molar refractivity (Wildman–Crippen MR) is 79.9 cm³/mol. The Labute approximate surface area is 128 Å². The van der Waals surface area contributed by atoms with Crippen LogP contribution in [0.2, 0.25) is 5.02 Å². The Morgan fingerprint density at radius 2 is 2.15 bits per heavy atom. The minimum atomic E-state index is -0.143. The lowest BCUT2D eigenvalue weighted by Gasteiger charge is -2.42. The number of carbonyl (C=O) groups excluding carboxylic acids is 1. The van der Waals surface area contributed by atoms with Crippen molar-refractivity contribution in [2.24, 2.45) is 5.92 Å². The SMILES string of the molecule is Cc1csc(C(=O)C2CCOC3(CCOCC3)C2)c1Cl. The molecule has 20 heavy (non-hydrogen) atoms. The van der Waals surface area contributed by atoms with Gasteiger partial charge in [0.05, 0.1) is 15.5 Å². The summed E-state index contributed by atoms with van der Waals surface area (Å²) in [6, 6.07) is 0. The van der Waals surface area contributed by atoms with Gasteiger partial charge in [-0.05, 0) is 43.6 Å². The van der Waals surface area contributed by atoms with Gasteiger partial charge in [-0.15, -0.1) is 11.3 Å². The van der Waals surface area contributed by atoms with Crippen molar-refractivity contribution < 1.29 is 14.3 Å². The van der Waals surface area contributed by atoms with Crippen LogP contribution in [0.5, 0.6) is 0 Å². The van der Waals surface area contributed by atoms with Crippen LogP contribution in [-0.4, -0.2) is 31.2 Å². The van der Waals surface area contributed by atoms with Crippen molar-refractivity contribution in [2.45, 2.75) is 38.2 Å². The van der Waals surface area contributed by atoms with Crippen LogP contribution in [0.25, 0.3) is 0 Å². The lowest BCUT2D eigenvalue weighted by Crippen LogP contribution is -2.45. The topological polar surface area (TPSA) is 35.5 Å². The number of ketones is 1. The molecule has 0 saturated carbocycles. The fraction of sp³-hybridized carbons (Fsp3) is 0.667. The third-order valence-corrected chi connectivity index (χ3v) is 6.10. The lowest BCUT2D eigenvalue weighted by molar-refractivity contribution is -0.142. The molecule has 0 bridgehead atoms. The maximum Gasteiger partial charge on any atom is 0.177 e. The molecule has 3 heterocycles. The van der Waals surface area contributed by atoms with Crippen molar-refractivity contribution >= 4 is 28.7 Å². The summed E-state index contributed by atoms with van der Waals surface area (Å²) < 4.78 is 11.4. The van der Waals surface area contributed by atoms with E-state index in [-0.39, 0.29) is 17.3 Å². The maximum atomic E-state index is 12.7. The summed E-state index contributed by atoms with van der Waals surface area (Å²) in [5.41, 5.74) is 0.850. The molecule has 1 unspecified atom stereocenters. The number of rotatable bonds is 2. The average Bonchev–Trinajstić information content (AvgIpc) is 2.79. The second-order valence-electron chi connectivity index (χ2n) is 5.76. The molecule has 3 nitrogen and oxygen atoms in total. The van der Waals surface area contributed by atoms with E-state index in [4.69, 9.17) is 21.1 Å². The first kappa shape index (κ1) is 14.5. The summed E-state index contributed by atoms with van der Waals surface area (Å²) in [7, 11) is 0. The summed E-state index contributed by atoms with van der Waals surface area (Å²) >= 11 is 7.70. The van der Waals surface area contributed by atoms with Crippen LogP contribution in [0, 0.1) is 12.8 Å². The van der Waals surface area contributed by atoms with Gasteiger partial charge in [-0.2, -0.15) is 0 Å². The van der Waals surface area contributed by atoms with E-state index in [1.54, 1.807) is 0 Å². The molecule has 2 saturated heterocycles. The third-order valence-electron chi connectivity index (χ3n) is 4.39. The van der Waals surface area contributed by atoms with E-state index in [1.807, 2.05) is 12.3 Å². The number of hydrogen-bond acceptors (Lipinski definition) is 4. The number of carbonyl (C=O) groups is 1. The first-order chi connectivity index (χ1) is 9.61. The second kappa shape index (κ2) is 5.76. The molecule has 0 aromatic carbocycles. The van der Waals surface area contributed by atoms with Gasteiger partial charge in [0.25, 0.3) is 0 Å². The molecule has 1 atom stereocenters. The molecule has 2 fully saturated rings. The van der Waals surface area contributed by atoms with Crippen molar-refractivity contribution in [3.63, 3.8) is 0 Å². The summed E-state index contributed by atoms with van der Waals surface area (Å²) in [5, 5.41) is 2.59. The number of Topliss-reactive ketones (excluding diaryl/α,β-unsaturated/α-hetero) is 1. The van der Waals surface area contributed by atoms with Gasteiger partial charge in [0, 0.05) is 25.7 Å². The van der Waals surface area contributed by atoms with Crippen LogP contribution >= 0.6 is 22.9 Å². The second-order valence-corrected chi connectivity index (χ2v) is 7.02. The summed E-state index contributed by atoms with van der Waals surface area (Å²) in [6.07, 6.45) is 3.40. The number of thiophene rings is 1. The van der Waals surface area contributed by atoms with Gasteiger partial charge in [0.15, 0.2) is 5.78 Å². The molecule has 0 aliphatic carbocycles. The van der Waals surface area contributed by atoms with Crippen LogP contribution in [0.3, 0.4) is 0 Å². The average molecular weight is 315 g/mol. The van der Waals surface area contributed by atoms with Crippen molar-refractivity contribution in [3.8, 4) is 0 Å². The Bertz CT molecular complexity index is 500. The largest absolute Gasteiger partial charge is 0.381 e. The molecule has 2 aliphatic rings. The molecular formula is C15H19ClO3S. The highest BCUT2D eigenvalue weighted by Gasteiger charge is 2.41. The maximum absolute atomic E-state index is 12.7. The summed E-state index contributed by atoms with van der Waals surface area (Å²) in [6.45, 7) is 4.08. The highest BCUT2D eigenvalue weighted by atomic mass is 35.5. The van der Waals surface area contributed by atoms with Crippen molar-refractivity contribution in [1.82, 2.24) is 0 Å². The standard InChI is InChI=1S/C15H19ClO3S/c1-10-9-20-14(12(10)16)13(17)11-2-5-19-15(8-11)3-6-18-7-4-15/h9,11H,2-8H2,1H3. The molecule has 3 rings (SSSR count). The van der Waals surface area contributed by atoms with E-state index in [0.29, 0.717) is 11.6 Å². The van der Waals surface area contributed by atoms with Crippen LogP contribution in [0.15, 0.2) is 5.38 Å². The van der Waals surface area contributed by atoms with Gasteiger partial charge in [0.2, 0.25) is 0 Å². The first-order valence-electron chi connectivity index (χ1n) is 7.11. The Balaban J connectivity index is 1.76. The molecule has 1 aromatic rings. The monoisotopic (exact) mass is 314 g/mol. The zero-order chi connectivity index (χ0) is 14.2. The van der Waals surface area contributed by atoms with Crippen LogP contribution in [0.1, 0.15) is 40.9 Å². The van der Waals surface area contributed by atoms with Crippen molar-refractivity contribution in [3.05, 3.63) is 20.8 Å². The molecule has 0 N–H and O–H groups in total. The molecule has 1 aromatic heterocycles. The van der Waals surface area contributed by atoms with Gasteiger partial charge < -0.3 is 9.47 Å². The normalized spacial score (nSPS) is 25.8. The molecule has 1 spiro atoms. The Kier molecular flexibility index (Phi) is 4.18. The number of hydrogen-bond donors (Lipinski definition) is 0. The predicted octanol–water partition coefficient (Wildman–Crippen LogP) is 3.87. The van der Waals surface area contributed by atoms with E-state index >= 15 is 0 Å². The Morgan fingerprint density at radius 3 is 2.80 bits per heavy atom. The molecule has 110 valence electrons. The van der Waals surface area contributed by atoms with Crippen LogP contribution in [-0.2, 0) is 9.47 Å². The van der Waals surface area contributed by atoms with Crippen molar-refractivity contribution in [2.75, 3.05) is 19.8 Å². The first-order valence-corrected chi connectivity index (χ1v) is 8.37. The number of aryl methyl sites for hydroxylation is 1. The number of halogens is 1. The quantitative estimate of drug-likeness (QED) is 0.777. The van der Waals surface area contributed by atoms with Crippen LogP contribution < -0.4 is 0 Å². The molecule has 5 heteroatoms.